The number of carbonyl (C=O) groups is 2. The van der Waals surface area contributed by atoms with Crippen molar-refractivity contribution in [1.29, 1.82) is 0 Å². The van der Waals surface area contributed by atoms with Gasteiger partial charge >= 0.3 is 0 Å². The molecule has 21 heavy (non-hydrogen) atoms. The normalized spacial score (nSPS) is 19.6. The Morgan fingerprint density at radius 3 is 2.24 bits per heavy atom. The van der Waals surface area contributed by atoms with Gasteiger partial charge in [0.1, 0.15) is 11.4 Å². The minimum Gasteiger partial charge on any atom is -0.351 e. The summed E-state index contributed by atoms with van der Waals surface area (Å²) in [5.74, 6) is -0.210. The molecule has 2 aliphatic rings. The molecule has 0 unspecified atom stereocenters. The van der Waals surface area contributed by atoms with Gasteiger partial charge < -0.3 is 10.6 Å². The van der Waals surface area contributed by atoms with Crippen LogP contribution in [0.2, 0.25) is 0 Å². The van der Waals surface area contributed by atoms with Crippen molar-refractivity contribution in [2.75, 3.05) is 10.6 Å². The molecule has 2 aromatic carbocycles. The van der Waals surface area contributed by atoms with Crippen LogP contribution in [0.15, 0.2) is 59.9 Å². The summed E-state index contributed by atoms with van der Waals surface area (Å²) in [4.78, 5) is 24.8. The first-order chi connectivity index (χ1) is 10.2. The second kappa shape index (κ2) is 4.31. The van der Waals surface area contributed by atoms with Crippen LogP contribution in [0.25, 0.3) is 0 Å². The van der Waals surface area contributed by atoms with E-state index in [0.717, 1.165) is 16.9 Å². The Morgan fingerprint density at radius 2 is 1.43 bits per heavy atom. The summed E-state index contributed by atoms with van der Waals surface area (Å²) in [5.41, 5.74) is 3.89. The lowest BCUT2D eigenvalue weighted by Gasteiger charge is -2.21. The predicted molar refractivity (Wildman–Crippen MR) is 80.2 cm³/mol. The van der Waals surface area contributed by atoms with E-state index < -0.39 is 0 Å². The van der Waals surface area contributed by atoms with Crippen molar-refractivity contribution in [1.82, 2.24) is 0 Å². The van der Waals surface area contributed by atoms with Gasteiger partial charge in [0, 0.05) is 23.4 Å². The summed E-state index contributed by atoms with van der Waals surface area (Å²) in [6.07, 6.45) is 0.313. The summed E-state index contributed by atoms with van der Waals surface area (Å²) in [6.45, 7) is 0. The zero-order chi connectivity index (χ0) is 14.4. The zero-order valence-corrected chi connectivity index (χ0v) is 11.1. The van der Waals surface area contributed by atoms with Crippen molar-refractivity contribution < 1.29 is 9.59 Å². The number of carbonyl (C=O) groups excluding carboxylic acids is 2. The van der Waals surface area contributed by atoms with E-state index in [1.165, 1.54) is 0 Å². The highest BCUT2D eigenvalue weighted by atomic mass is 16.1. The molecular formula is C17H12N2O2. The standard InChI is InChI=1S/C17H12N2O2/c20-14-9-10-5-1-3-7-12(10)18-15(14)16-17(21)11-6-2-4-8-13(11)19-16/h1-8,18-19H,9H2/b16-15+. The van der Waals surface area contributed by atoms with Crippen LogP contribution in [-0.4, -0.2) is 11.6 Å². The van der Waals surface area contributed by atoms with Crippen LogP contribution in [0.5, 0.6) is 0 Å². The monoisotopic (exact) mass is 276 g/mol. The number of nitrogens with one attached hydrogen (secondary N) is 2. The molecule has 0 saturated carbocycles. The molecule has 0 bridgehead atoms. The van der Waals surface area contributed by atoms with E-state index in [4.69, 9.17) is 0 Å². The van der Waals surface area contributed by atoms with Crippen molar-refractivity contribution in [3.8, 4) is 0 Å². The number of Topliss-reactive ketones (excluding diaryl/α,β-unsaturated/α-hetero) is 2. The molecule has 0 saturated heterocycles. The molecule has 0 spiro atoms. The van der Waals surface area contributed by atoms with E-state index in [-0.39, 0.29) is 11.6 Å². The largest absolute Gasteiger partial charge is 0.351 e. The number of fused-ring (bicyclic) bond motifs is 2. The molecule has 4 nitrogen and oxygen atoms in total. The third-order valence-electron chi connectivity index (χ3n) is 3.82. The summed E-state index contributed by atoms with van der Waals surface area (Å²) >= 11 is 0. The van der Waals surface area contributed by atoms with Gasteiger partial charge in [-0.15, -0.1) is 0 Å². The molecule has 0 aliphatic carbocycles. The quantitative estimate of drug-likeness (QED) is 0.726. The number of rotatable bonds is 0. The van der Waals surface area contributed by atoms with E-state index in [9.17, 15) is 9.59 Å². The molecule has 0 radical (unpaired) electrons. The molecule has 102 valence electrons. The highest BCUT2D eigenvalue weighted by Crippen LogP contribution is 2.32. The van der Waals surface area contributed by atoms with Gasteiger partial charge in [0.05, 0.1) is 0 Å². The van der Waals surface area contributed by atoms with E-state index in [1.54, 1.807) is 6.07 Å². The van der Waals surface area contributed by atoms with Gasteiger partial charge in [-0.2, -0.15) is 0 Å². The average molecular weight is 276 g/mol. The van der Waals surface area contributed by atoms with Crippen molar-refractivity contribution >= 4 is 22.9 Å². The third kappa shape index (κ3) is 1.76. The zero-order valence-electron chi connectivity index (χ0n) is 11.1. The van der Waals surface area contributed by atoms with Crippen LogP contribution in [0, 0.1) is 0 Å². The Kier molecular flexibility index (Phi) is 2.44. The molecule has 2 aromatic rings. The molecule has 2 heterocycles. The Hall–Kier alpha value is -2.88. The average Bonchev–Trinajstić information content (AvgIpc) is 2.84. The van der Waals surface area contributed by atoms with Gasteiger partial charge in [0.25, 0.3) is 0 Å². The molecular weight excluding hydrogens is 264 g/mol. The molecule has 2 aliphatic heterocycles. The number of hydrogen-bond donors (Lipinski definition) is 2. The minimum absolute atomic E-state index is 0.0719. The van der Waals surface area contributed by atoms with Gasteiger partial charge in [0.2, 0.25) is 5.78 Å². The van der Waals surface area contributed by atoms with Crippen LogP contribution in [0.3, 0.4) is 0 Å². The maximum Gasteiger partial charge on any atom is 0.213 e. The van der Waals surface area contributed by atoms with Crippen molar-refractivity contribution in [2.45, 2.75) is 6.42 Å². The van der Waals surface area contributed by atoms with Crippen LogP contribution >= 0.6 is 0 Å². The summed E-state index contributed by atoms with van der Waals surface area (Å²) in [7, 11) is 0. The molecule has 4 rings (SSSR count). The number of benzene rings is 2. The maximum absolute atomic E-state index is 12.4. The fourth-order valence-electron chi connectivity index (χ4n) is 2.76. The van der Waals surface area contributed by atoms with Crippen LogP contribution < -0.4 is 10.6 Å². The fraction of sp³-hybridized carbons (Fsp3) is 0.0588. The summed E-state index contributed by atoms with van der Waals surface area (Å²) < 4.78 is 0. The number of ketones is 2. The lowest BCUT2D eigenvalue weighted by atomic mass is 9.98. The fourth-order valence-corrected chi connectivity index (χ4v) is 2.76. The smallest absolute Gasteiger partial charge is 0.213 e. The molecule has 0 aromatic heterocycles. The Balaban J connectivity index is 1.81. The van der Waals surface area contributed by atoms with Crippen LogP contribution in [-0.2, 0) is 11.2 Å². The topological polar surface area (TPSA) is 58.2 Å². The third-order valence-corrected chi connectivity index (χ3v) is 3.82. The van der Waals surface area contributed by atoms with E-state index >= 15 is 0 Å². The van der Waals surface area contributed by atoms with E-state index in [1.807, 2.05) is 42.5 Å². The Morgan fingerprint density at radius 1 is 0.762 bits per heavy atom. The van der Waals surface area contributed by atoms with Gasteiger partial charge in [0.15, 0.2) is 5.78 Å². The summed E-state index contributed by atoms with van der Waals surface area (Å²) in [6, 6.07) is 14.9. The second-order valence-electron chi connectivity index (χ2n) is 5.13. The van der Waals surface area contributed by atoms with Crippen LogP contribution in [0.4, 0.5) is 11.4 Å². The van der Waals surface area contributed by atoms with Gasteiger partial charge in [-0.3, -0.25) is 9.59 Å². The Labute approximate surface area is 121 Å². The van der Waals surface area contributed by atoms with E-state index in [0.29, 0.717) is 23.4 Å². The van der Waals surface area contributed by atoms with Crippen LogP contribution in [0.1, 0.15) is 15.9 Å². The molecule has 0 fully saturated rings. The first kappa shape index (κ1) is 11.9. The lowest BCUT2D eigenvalue weighted by molar-refractivity contribution is -0.115. The number of anilines is 2. The molecule has 2 N–H and O–H groups in total. The highest BCUT2D eigenvalue weighted by Gasteiger charge is 2.32. The van der Waals surface area contributed by atoms with Gasteiger partial charge in [-0.05, 0) is 23.8 Å². The first-order valence-electron chi connectivity index (χ1n) is 6.77. The molecule has 0 amide bonds. The molecule has 4 heteroatoms. The first-order valence-corrected chi connectivity index (χ1v) is 6.77. The van der Waals surface area contributed by atoms with Gasteiger partial charge in [-0.1, -0.05) is 30.3 Å². The SMILES string of the molecule is O=C1Cc2ccccc2N/C1=C1/Nc2ccccc2C1=O. The number of para-hydroxylation sites is 2. The lowest BCUT2D eigenvalue weighted by Crippen LogP contribution is -2.25. The van der Waals surface area contributed by atoms with Crippen molar-refractivity contribution in [2.24, 2.45) is 0 Å². The summed E-state index contributed by atoms with van der Waals surface area (Å²) in [5, 5.41) is 6.16. The Bertz CT molecular complexity index is 821. The predicted octanol–water partition coefficient (Wildman–Crippen LogP) is 2.74. The van der Waals surface area contributed by atoms with Crippen molar-refractivity contribution in [3.05, 3.63) is 71.1 Å². The number of allylic oxidation sites excluding steroid dienone is 2. The van der Waals surface area contributed by atoms with E-state index in [2.05, 4.69) is 10.6 Å². The van der Waals surface area contributed by atoms with Crippen molar-refractivity contribution in [3.63, 3.8) is 0 Å². The minimum atomic E-state index is -0.138. The maximum atomic E-state index is 12.4. The number of hydrogen-bond acceptors (Lipinski definition) is 4. The molecule has 0 atom stereocenters. The van der Waals surface area contributed by atoms with Gasteiger partial charge in [-0.25, -0.2) is 0 Å². The second-order valence-corrected chi connectivity index (χ2v) is 5.13. The highest BCUT2D eigenvalue weighted by molar-refractivity contribution is 6.23.